The number of carbonyl (C=O) groups excluding carboxylic acids is 1. The highest BCUT2D eigenvalue weighted by atomic mass is 16.6. The lowest BCUT2D eigenvalue weighted by molar-refractivity contribution is 0.0636. The van der Waals surface area contributed by atoms with E-state index in [-0.39, 0.29) is 5.95 Å². The molecule has 0 aliphatic carbocycles. The quantitative estimate of drug-likeness (QED) is 0.743. The van der Waals surface area contributed by atoms with Crippen molar-refractivity contribution in [1.82, 2.24) is 14.6 Å². The van der Waals surface area contributed by atoms with Crippen LogP contribution in [0, 0.1) is 6.92 Å². The molecule has 0 bridgehead atoms. The maximum absolute atomic E-state index is 11.8. The number of aromatic nitrogens is 3. The molecule has 3 N–H and O–H groups in total. The summed E-state index contributed by atoms with van der Waals surface area (Å²) in [6, 6.07) is 11.4. The number of nitrogen functional groups attached to an aromatic ring is 1. The number of benzene rings is 1. The molecule has 7 heteroatoms. The number of anilines is 2. The van der Waals surface area contributed by atoms with E-state index in [0.29, 0.717) is 11.3 Å². The van der Waals surface area contributed by atoms with Crippen molar-refractivity contribution in [2.75, 3.05) is 11.1 Å². The third-order valence-corrected chi connectivity index (χ3v) is 3.60. The lowest BCUT2D eigenvalue weighted by Crippen LogP contribution is -2.27. The van der Waals surface area contributed by atoms with Gasteiger partial charge in [0.25, 0.3) is 0 Å². The number of amides is 1. The van der Waals surface area contributed by atoms with Crippen molar-refractivity contribution in [3.8, 4) is 11.1 Å². The van der Waals surface area contributed by atoms with Gasteiger partial charge >= 0.3 is 6.09 Å². The highest BCUT2D eigenvalue weighted by molar-refractivity contribution is 5.85. The van der Waals surface area contributed by atoms with Crippen LogP contribution in [0.4, 0.5) is 16.4 Å². The molecule has 1 amide bonds. The van der Waals surface area contributed by atoms with E-state index in [1.54, 1.807) is 4.52 Å². The number of fused-ring (bicyclic) bond motifs is 1. The number of nitrogens with zero attached hydrogens (tertiary/aromatic N) is 3. The molecule has 130 valence electrons. The number of carbonyl (C=O) groups is 1. The maximum atomic E-state index is 11.8. The Morgan fingerprint density at radius 2 is 1.84 bits per heavy atom. The number of ether oxygens (including phenoxy) is 1. The Labute approximate surface area is 145 Å². The monoisotopic (exact) mass is 339 g/mol. The summed E-state index contributed by atoms with van der Waals surface area (Å²) >= 11 is 0. The van der Waals surface area contributed by atoms with Gasteiger partial charge in [-0.2, -0.15) is 4.98 Å². The van der Waals surface area contributed by atoms with Crippen molar-refractivity contribution >= 4 is 23.4 Å². The summed E-state index contributed by atoms with van der Waals surface area (Å²) in [5.41, 5.74) is 9.47. The van der Waals surface area contributed by atoms with Crippen LogP contribution < -0.4 is 11.1 Å². The number of hydrogen-bond donors (Lipinski definition) is 2. The molecule has 0 atom stereocenters. The van der Waals surface area contributed by atoms with E-state index in [1.807, 2.05) is 64.1 Å². The largest absolute Gasteiger partial charge is 0.444 e. The van der Waals surface area contributed by atoms with Crippen LogP contribution in [-0.4, -0.2) is 26.3 Å². The molecule has 0 spiro atoms. The summed E-state index contributed by atoms with van der Waals surface area (Å²) in [6.07, 6.45) is -0.476. The number of hydrogen-bond acceptors (Lipinski definition) is 5. The fraction of sp³-hybridized carbons (Fsp3) is 0.278. The van der Waals surface area contributed by atoms with E-state index >= 15 is 0 Å². The van der Waals surface area contributed by atoms with E-state index in [1.165, 1.54) is 0 Å². The fourth-order valence-corrected chi connectivity index (χ4v) is 2.55. The summed E-state index contributed by atoms with van der Waals surface area (Å²) < 4.78 is 6.97. The second-order valence-corrected chi connectivity index (χ2v) is 6.78. The van der Waals surface area contributed by atoms with Crippen molar-refractivity contribution in [2.45, 2.75) is 33.3 Å². The van der Waals surface area contributed by atoms with Crippen LogP contribution in [0.2, 0.25) is 0 Å². The molecule has 2 aromatic heterocycles. The van der Waals surface area contributed by atoms with Crippen molar-refractivity contribution in [3.05, 3.63) is 42.1 Å². The molecule has 7 nitrogen and oxygen atoms in total. The highest BCUT2D eigenvalue weighted by Gasteiger charge is 2.16. The van der Waals surface area contributed by atoms with Crippen molar-refractivity contribution < 1.29 is 9.53 Å². The Morgan fingerprint density at radius 3 is 2.48 bits per heavy atom. The summed E-state index contributed by atoms with van der Waals surface area (Å²) in [7, 11) is 0. The zero-order valence-electron chi connectivity index (χ0n) is 14.7. The van der Waals surface area contributed by atoms with Gasteiger partial charge in [-0.15, -0.1) is 5.10 Å². The molecule has 0 unspecified atom stereocenters. The van der Waals surface area contributed by atoms with E-state index in [0.717, 1.165) is 16.8 Å². The zero-order valence-corrected chi connectivity index (χ0v) is 14.7. The summed E-state index contributed by atoms with van der Waals surface area (Å²) in [5.74, 6) is 0.247. The van der Waals surface area contributed by atoms with Crippen molar-refractivity contribution in [2.24, 2.45) is 0 Å². The van der Waals surface area contributed by atoms with Gasteiger partial charge in [0.1, 0.15) is 5.60 Å². The van der Waals surface area contributed by atoms with Crippen LogP contribution in [0.15, 0.2) is 36.4 Å². The third kappa shape index (κ3) is 3.71. The second kappa shape index (κ2) is 6.08. The molecule has 0 aliphatic rings. The van der Waals surface area contributed by atoms with Crippen LogP contribution in [0.3, 0.4) is 0 Å². The van der Waals surface area contributed by atoms with Gasteiger partial charge < -0.3 is 10.5 Å². The topological polar surface area (TPSA) is 94.5 Å². The molecule has 0 radical (unpaired) electrons. The van der Waals surface area contributed by atoms with Gasteiger partial charge in [-0.3, -0.25) is 5.32 Å². The number of nitrogens with two attached hydrogens (primary N) is 1. The minimum atomic E-state index is -0.532. The molecule has 0 saturated heterocycles. The Balaban J connectivity index is 1.83. The van der Waals surface area contributed by atoms with Gasteiger partial charge in [0.2, 0.25) is 5.95 Å². The first kappa shape index (κ1) is 16.8. The van der Waals surface area contributed by atoms with Gasteiger partial charge in [-0.1, -0.05) is 12.1 Å². The van der Waals surface area contributed by atoms with Gasteiger partial charge in [0.15, 0.2) is 5.65 Å². The molecule has 0 aliphatic heterocycles. The minimum Gasteiger partial charge on any atom is -0.444 e. The van der Waals surface area contributed by atoms with Gasteiger partial charge in [0, 0.05) is 16.9 Å². The number of nitrogens with one attached hydrogen (secondary N) is 1. The van der Waals surface area contributed by atoms with Gasteiger partial charge in [-0.05, 0) is 57.5 Å². The highest BCUT2D eigenvalue weighted by Crippen LogP contribution is 2.26. The molecule has 3 aromatic rings. The summed E-state index contributed by atoms with van der Waals surface area (Å²) in [5, 5.41) is 6.92. The molecule has 3 rings (SSSR count). The molecule has 2 heterocycles. The molecule has 0 saturated carbocycles. The minimum absolute atomic E-state index is 0.247. The van der Waals surface area contributed by atoms with Crippen LogP contribution in [0.25, 0.3) is 16.8 Å². The first-order chi connectivity index (χ1) is 11.7. The van der Waals surface area contributed by atoms with E-state index in [9.17, 15) is 4.79 Å². The molecule has 25 heavy (non-hydrogen) atoms. The Morgan fingerprint density at radius 1 is 1.16 bits per heavy atom. The maximum Gasteiger partial charge on any atom is 0.412 e. The smallest absolute Gasteiger partial charge is 0.412 e. The zero-order chi connectivity index (χ0) is 18.2. The average molecular weight is 339 g/mol. The standard InChI is InChI=1S/C18H21N5O2/c1-11-14(9-10-15-21-16(19)22-23(11)15)12-5-7-13(8-6-12)20-17(24)25-18(2,3)4/h5-10H,1-4H3,(H2,19,22)(H,20,24). The van der Waals surface area contributed by atoms with Crippen LogP contribution >= 0.6 is 0 Å². The van der Waals surface area contributed by atoms with Crippen molar-refractivity contribution in [1.29, 1.82) is 0 Å². The lowest BCUT2D eigenvalue weighted by Gasteiger charge is -2.19. The third-order valence-electron chi connectivity index (χ3n) is 3.60. The van der Waals surface area contributed by atoms with E-state index in [4.69, 9.17) is 10.5 Å². The predicted molar refractivity (Wildman–Crippen MR) is 97.4 cm³/mol. The second-order valence-electron chi connectivity index (χ2n) is 6.78. The van der Waals surface area contributed by atoms with Gasteiger partial charge in [-0.25, -0.2) is 9.31 Å². The molecular formula is C18H21N5O2. The Kier molecular flexibility index (Phi) is 4.08. The fourth-order valence-electron chi connectivity index (χ4n) is 2.55. The SMILES string of the molecule is Cc1c(-c2ccc(NC(=O)OC(C)(C)C)cc2)ccc2nc(N)nn12. The molecule has 0 fully saturated rings. The summed E-state index contributed by atoms with van der Waals surface area (Å²) in [6.45, 7) is 7.44. The number of aryl methyl sites for hydroxylation is 1. The van der Waals surface area contributed by atoms with E-state index in [2.05, 4.69) is 15.4 Å². The average Bonchev–Trinajstić information content (AvgIpc) is 2.88. The number of rotatable bonds is 2. The molecular weight excluding hydrogens is 318 g/mol. The normalized spacial score (nSPS) is 11.5. The van der Waals surface area contributed by atoms with Crippen LogP contribution in [0.5, 0.6) is 0 Å². The molecule has 1 aromatic carbocycles. The van der Waals surface area contributed by atoms with Crippen LogP contribution in [0.1, 0.15) is 26.5 Å². The number of pyridine rings is 1. The first-order valence-electron chi connectivity index (χ1n) is 7.95. The van der Waals surface area contributed by atoms with Crippen molar-refractivity contribution in [3.63, 3.8) is 0 Å². The van der Waals surface area contributed by atoms with E-state index < -0.39 is 11.7 Å². The Hall–Kier alpha value is -3.09. The summed E-state index contributed by atoms with van der Waals surface area (Å²) in [4.78, 5) is 16.0. The Bertz CT molecular complexity index is 923. The van der Waals surface area contributed by atoms with Crippen LogP contribution in [-0.2, 0) is 4.74 Å². The van der Waals surface area contributed by atoms with Gasteiger partial charge in [0.05, 0.1) is 0 Å². The predicted octanol–water partition coefficient (Wildman–Crippen LogP) is 3.63. The first-order valence-corrected chi connectivity index (χ1v) is 7.95. The lowest BCUT2D eigenvalue weighted by atomic mass is 10.0.